The third-order valence-electron chi connectivity index (χ3n) is 2.60. The van der Waals surface area contributed by atoms with E-state index in [1.807, 2.05) is 23.0 Å². The van der Waals surface area contributed by atoms with Gasteiger partial charge in [-0.05, 0) is 35.0 Å². The Bertz CT molecular complexity index is 550. The molecule has 0 bridgehead atoms. The summed E-state index contributed by atoms with van der Waals surface area (Å²) in [5.74, 6) is 0. The van der Waals surface area contributed by atoms with Crippen LogP contribution in [0.2, 0.25) is 0 Å². The molecule has 0 unspecified atom stereocenters. The van der Waals surface area contributed by atoms with Crippen LogP contribution in [0, 0.1) is 0 Å². The van der Waals surface area contributed by atoms with Crippen LogP contribution in [0.1, 0.15) is 6.92 Å². The van der Waals surface area contributed by atoms with Gasteiger partial charge in [-0.15, -0.1) is 0 Å². The van der Waals surface area contributed by atoms with Crippen molar-refractivity contribution in [1.82, 2.24) is 9.61 Å². The number of anilines is 1. The lowest BCUT2D eigenvalue weighted by Gasteiger charge is -2.22. The zero-order chi connectivity index (χ0) is 12.4. The highest BCUT2D eigenvalue weighted by Crippen LogP contribution is 2.26. The van der Waals surface area contributed by atoms with Gasteiger partial charge in [-0.25, -0.2) is 4.52 Å². The maximum absolute atomic E-state index is 4.37. The summed E-state index contributed by atoms with van der Waals surface area (Å²) in [6.07, 6.45) is 3.85. The first-order valence-electron chi connectivity index (χ1n) is 5.31. The van der Waals surface area contributed by atoms with Crippen LogP contribution < -0.4 is 4.90 Å². The molecule has 0 spiro atoms. The van der Waals surface area contributed by atoms with Crippen molar-refractivity contribution < 1.29 is 0 Å². The maximum Gasteiger partial charge on any atom is 0.0899 e. The van der Waals surface area contributed by atoms with Gasteiger partial charge in [0, 0.05) is 27.3 Å². The van der Waals surface area contributed by atoms with E-state index in [0.29, 0.717) is 0 Å². The summed E-state index contributed by atoms with van der Waals surface area (Å²) < 4.78 is 3.82. The molecule has 0 aliphatic carbocycles. The summed E-state index contributed by atoms with van der Waals surface area (Å²) in [4.78, 5) is 2.20. The van der Waals surface area contributed by atoms with Gasteiger partial charge in [0.25, 0.3) is 0 Å². The summed E-state index contributed by atoms with van der Waals surface area (Å²) >= 11 is 5.78. The predicted octanol–water partition coefficient (Wildman–Crippen LogP) is 3.87. The fourth-order valence-corrected chi connectivity index (χ4v) is 2.53. The quantitative estimate of drug-likeness (QED) is 0.568. The van der Waals surface area contributed by atoms with Crippen LogP contribution in [0.5, 0.6) is 0 Å². The lowest BCUT2D eigenvalue weighted by molar-refractivity contribution is 0.956. The predicted molar refractivity (Wildman–Crippen MR) is 83.9 cm³/mol. The topological polar surface area (TPSA) is 20.5 Å². The Balaban J connectivity index is 2.51. The van der Waals surface area contributed by atoms with Crippen LogP contribution >= 0.6 is 38.5 Å². The summed E-state index contributed by atoms with van der Waals surface area (Å²) in [7, 11) is 0. The Kier molecular flexibility index (Phi) is 4.09. The van der Waals surface area contributed by atoms with Crippen LogP contribution in [-0.4, -0.2) is 20.6 Å². The van der Waals surface area contributed by atoms with Gasteiger partial charge in [-0.3, -0.25) is 0 Å². The molecule has 0 N–H and O–H groups in total. The first kappa shape index (κ1) is 12.9. The van der Waals surface area contributed by atoms with Gasteiger partial charge in [0.05, 0.1) is 17.4 Å². The molecule has 0 aliphatic heterocycles. The molecule has 0 radical (unpaired) electrons. The second kappa shape index (κ2) is 5.39. The largest absolute Gasteiger partial charge is 0.342 e. The fourth-order valence-electron chi connectivity index (χ4n) is 1.79. The van der Waals surface area contributed by atoms with E-state index < -0.39 is 0 Å². The summed E-state index contributed by atoms with van der Waals surface area (Å²) in [5, 5.41) is 4.37. The number of hydrogen-bond donors (Lipinski definition) is 0. The normalized spacial score (nSPS) is 10.8. The summed E-state index contributed by atoms with van der Waals surface area (Å²) in [5.41, 5.74) is 3.31. The van der Waals surface area contributed by atoms with Crippen molar-refractivity contribution in [1.29, 1.82) is 0 Å². The average Bonchev–Trinajstić information content (AvgIpc) is 2.73. The summed E-state index contributed by atoms with van der Waals surface area (Å²) in [6.45, 7) is 7.12. The number of rotatable bonds is 4. The van der Waals surface area contributed by atoms with Gasteiger partial charge in [0.1, 0.15) is 0 Å². The summed E-state index contributed by atoms with van der Waals surface area (Å²) in [6, 6.07) is 4.09. The number of alkyl halides is 1. The number of nitrogens with zero attached hydrogens (tertiary/aromatic N) is 3. The van der Waals surface area contributed by atoms with Crippen LogP contribution in [0.15, 0.2) is 41.3 Å². The van der Waals surface area contributed by atoms with Crippen LogP contribution in [0.4, 0.5) is 5.69 Å². The number of aromatic nitrogens is 2. The molecule has 0 saturated carbocycles. The van der Waals surface area contributed by atoms with Gasteiger partial charge >= 0.3 is 0 Å². The van der Waals surface area contributed by atoms with E-state index in [9.17, 15) is 0 Å². The minimum atomic E-state index is 0.902. The molecular weight excluding hydrogens is 393 g/mol. The van der Waals surface area contributed by atoms with Crippen molar-refractivity contribution in [2.24, 2.45) is 0 Å². The van der Waals surface area contributed by atoms with Crippen molar-refractivity contribution in [3.63, 3.8) is 0 Å². The zero-order valence-electron chi connectivity index (χ0n) is 9.53. The molecule has 2 aromatic rings. The minimum absolute atomic E-state index is 0.902. The van der Waals surface area contributed by atoms with Crippen molar-refractivity contribution in [3.8, 4) is 0 Å². The van der Waals surface area contributed by atoms with Crippen LogP contribution in [0.25, 0.3) is 5.52 Å². The second-order valence-electron chi connectivity index (χ2n) is 3.65. The first-order chi connectivity index (χ1) is 8.17. The van der Waals surface area contributed by atoms with Gasteiger partial charge in [-0.2, -0.15) is 5.10 Å². The van der Waals surface area contributed by atoms with Crippen molar-refractivity contribution in [2.45, 2.75) is 6.92 Å². The molecule has 0 saturated heterocycles. The lowest BCUT2D eigenvalue weighted by Crippen LogP contribution is -2.21. The van der Waals surface area contributed by atoms with Gasteiger partial charge in [0.2, 0.25) is 0 Å². The SMILES string of the molecule is C=C(CI)N(CC)c1cnn2cc(Br)ccc12. The molecule has 0 atom stereocenters. The number of fused-ring (bicyclic) bond motifs is 1. The smallest absolute Gasteiger partial charge is 0.0899 e. The van der Waals surface area contributed by atoms with E-state index in [1.54, 1.807) is 0 Å². The van der Waals surface area contributed by atoms with Crippen LogP contribution in [0.3, 0.4) is 0 Å². The van der Waals surface area contributed by atoms with Crippen LogP contribution in [-0.2, 0) is 0 Å². The minimum Gasteiger partial charge on any atom is -0.342 e. The van der Waals surface area contributed by atoms with Crippen molar-refractivity contribution >= 4 is 49.7 Å². The van der Waals surface area contributed by atoms with E-state index in [2.05, 4.69) is 68.1 Å². The molecule has 0 aliphatic rings. The highest BCUT2D eigenvalue weighted by molar-refractivity contribution is 14.1. The molecule has 90 valence electrons. The van der Waals surface area contributed by atoms with E-state index in [4.69, 9.17) is 0 Å². The molecule has 5 heteroatoms. The Labute approximate surface area is 123 Å². The fraction of sp³-hybridized carbons (Fsp3) is 0.250. The molecule has 0 aromatic carbocycles. The van der Waals surface area contributed by atoms with Gasteiger partial charge in [-0.1, -0.05) is 29.2 Å². The molecule has 3 nitrogen and oxygen atoms in total. The van der Waals surface area contributed by atoms with E-state index >= 15 is 0 Å². The Morgan fingerprint density at radius 2 is 2.35 bits per heavy atom. The van der Waals surface area contributed by atoms with Crippen molar-refractivity contribution in [3.05, 3.63) is 41.3 Å². The molecule has 0 fully saturated rings. The molecule has 0 amide bonds. The molecule has 2 rings (SSSR count). The Morgan fingerprint density at radius 3 is 3.00 bits per heavy atom. The number of halogens is 2. The second-order valence-corrected chi connectivity index (χ2v) is 5.33. The standard InChI is InChI=1S/C12H13BrIN3/c1-3-16(9(2)6-14)12-7-15-17-8-10(13)4-5-11(12)17/h4-5,7-8H,2-3,6H2,1H3. The third kappa shape index (κ3) is 2.49. The highest BCUT2D eigenvalue weighted by atomic mass is 127. The first-order valence-corrected chi connectivity index (χ1v) is 7.63. The van der Waals surface area contributed by atoms with E-state index in [-0.39, 0.29) is 0 Å². The lowest BCUT2D eigenvalue weighted by atomic mass is 10.3. The van der Waals surface area contributed by atoms with Gasteiger partial charge < -0.3 is 4.90 Å². The van der Waals surface area contributed by atoms with Gasteiger partial charge in [0.15, 0.2) is 0 Å². The monoisotopic (exact) mass is 405 g/mol. The Hall–Kier alpha value is -0.560. The highest BCUT2D eigenvalue weighted by Gasteiger charge is 2.13. The zero-order valence-corrected chi connectivity index (χ0v) is 13.3. The van der Waals surface area contributed by atoms with E-state index in [1.165, 1.54) is 0 Å². The molecular formula is C12H13BrIN3. The molecule has 2 aromatic heterocycles. The molecule has 2 heterocycles. The van der Waals surface area contributed by atoms with Crippen molar-refractivity contribution in [2.75, 3.05) is 15.9 Å². The third-order valence-corrected chi connectivity index (χ3v) is 3.95. The van der Waals surface area contributed by atoms with E-state index in [0.717, 1.165) is 32.3 Å². The number of pyridine rings is 1. The maximum atomic E-state index is 4.37. The number of hydrogen-bond acceptors (Lipinski definition) is 2. The molecule has 17 heavy (non-hydrogen) atoms. The Morgan fingerprint density at radius 1 is 1.59 bits per heavy atom. The average molecular weight is 406 g/mol. The number of allylic oxidation sites excluding steroid dienone is 1.